The lowest BCUT2D eigenvalue weighted by molar-refractivity contribution is -0.0607. The lowest BCUT2D eigenvalue weighted by Gasteiger charge is -2.18. The van der Waals surface area contributed by atoms with E-state index in [9.17, 15) is 4.79 Å². The van der Waals surface area contributed by atoms with Gasteiger partial charge in [-0.3, -0.25) is 0 Å². The molecule has 0 aliphatic rings. The van der Waals surface area contributed by atoms with Gasteiger partial charge in [0.1, 0.15) is 0 Å². The average molecular weight is 237 g/mol. The van der Waals surface area contributed by atoms with Crippen LogP contribution in [-0.4, -0.2) is 18.3 Å². The summed E-state index contributed by atoms with van der Waals surface area (Å²) in [5.41, 5.74) is -0.811. The number of rotatable bonds is 8. The zero-order chi connectivity index (χ0) is 11.7. The topological polar surface area (TPSA) is 35.5 Å². The summed E-state index contributed by atoms with van der Waals surface area (Å²) in [6.45, 7) is 6.40. The third kappa shape index (κ3) is 10.0. The normalized spacial score (nSPS) is 12.9. The molecular formula is C11H21ClO3. The monoisotopic (exact) mass is 236 g/mol. The number of halogens is 1. The third-order valence-corrected chi connectivity index (χ3v) is 2.20. The molecule has 0 aliphatic heterocycles. The van der Waals surface area contributed by atoms with Crippen LogP contribution < -0.4 is 0 Å². The molecule has 0 amide bonds. The van der Waals surface area contributed by atoms with Crippen molar-refractivity contribution in [1.82, 2.24) is 0 Å². The quantitative estimate of drug-likeness (QED) is 0.473. The predicted molar refractivity (Wildman–Crippen MR) is 61.1 cm³/mol. The van der Waals surface area contributed by atoms with Gasteiger partial charge in [0.25, 0.3) is 0 Å². The van der Waals surface area contributed by atoms with E-state index in [2.05, 4.69) is 25.5 Å². The number of unbranched alkanes of at least 4 members (excludes halogenated alkanes) is 1. The first-order valence-electron chi connectivity index (χ1n) is 5.50. The van der Waals surface area contributed by atoms with Crippen LogP contribution in [-0.2, 0) is 9.47 Å². The molecule has 0 rings (SSSR count). The first-order valence-corrected chi connectivity index (χ1v) is 5.87. The van der Waals surface area contributed by atoms with Crippen molar-refractivity contribution >= 4 is 17.0 Å². The molecule has 0 aromatic rings. The fourth-order valence-corrected chi connectivity index (χ4v) is 1.45. The van der Waals surface area contributed by atoms with E-state index in [0.717, 1.165) is 25.7 Å². The Bertz CT molecular complexity index is 171. The molecule has 0 aromatic carbocycles. The molecule has 0 spiro atoms. The van der Waals surface area contributed by atoms with E-state index in [1.807, 2.05) is 0 Å². The molecular weight excluding hydrogens is 216 g/mol. The highest BCUT2D eigenvalue weighted by molar-refractivity contribution is 6.61. The van der Waals surface area contributed by atoms with Crippen molar-refractivity contribution in [3.63, 3.8) is 0 Å². The Hall–Kier alpha value is -0.280. The highest BCUT2D eigenvalue weighted by atomic mass is 35.5. The second kappa shape index (κ2) is 8.98. The van der Waals surface area contributed by atoms with Gasteiger partial charge in [-0.1, -0.05) is 33.6 Å². The van der Waals surface area contributed by atoms with E-state index in [1.165, 1.54) is 0 Å². The smallest absolute Gasteiger partial charge is 0.405 e. The maximum absolute atomic E-state index is 10.3. The number of hydrogen-bond acceptors (Lipinski definition) is 3. The molecule has 4 heteroatoms. The minimum atomic E-state index is -0.811. The molecule has 1 atom stereocenters. The van der Waals surface area contributed by atoms with Crippen molar-refractivity contribution in [2.24, 2.45) is 5.92 Å². The Labute approximate surface area is 97.1 Å². The van der Waals surface area contributed by atoms with Crippen molar-refractivity contribution < 1.29 is 14.3 Å². The molecule has 0 aliphatic carbocycles. The van der Waals surface area contributed by atoms with Gasteiger partial charge in [0.05, 0.1) is 6.10 Å². The molecule has 0 saturated heterocycles. The fourth-order valence-electron chi connectivity index (χ4n) is 1.40. The third-order valence-electron chi connectivity index (χ3n) is 2.09. The van der Waals surface area contributed by atoms with Crippen LogP contribution in [0.3, 0.4) is 0 Å². The van der Waals surface area contributed by atoms with Gasteiger partial charge in [0.2, 0.25) is 0 Å². The van der Waals surface area contributed by atoms with Crippen molar-refractivity contribution in [1.29, 1.82) is 0 Å². The van der Waals surface area contributed by atoms with Gasteiger partial charge in [-0.05, 0) is 18.8 Å². The van der Waals surface area contributed by atoms with Gasteiger partial charge < -0.3 is 9.47 Å². The highest BCUT2D eigenvalue weighted by Crippen LogP contribution is 2.14. The fraction of sp³-hybridized carbons (Fsp3) is 0.909. The molecule has 0 bridgehead atoms. The summed E-state index contributed by atoms with van der Waals surface area (Å²) in [6, 6.07) is 0. The van der Waals surface area contributed by atoms with E-state index < -0.39 is 5.43 Å². The van der Waals surface area contributed by atoms with E-state index >= 15 is 0 Å². The average Bonchev–Trinajstić information content (AvgIpc) is 2.12. The minimum absolute atomic E-state index is 0.0383. The predicted octanol–water partition coefficient (Wildman–Crippen LogP) is 3.94. The van der Waals surface area contributed by atoms with Crippen molar-refractivity contribution in [3.05, 3.63) is 0 Å². The van der Waals surface area contributed by atoms with Crippen molar-refractivity contribution in [2.45, 2.75) is 52.6 Å². The maximum Gasteiger partial charge on any atom is 0.405 e. The zero-order valence-electron chi connectivity index (χ0n) is 9.79. The van der Waals surface area contributed by atoms with E-state index in [1.54, 1.807) is 0 Å². The number of hydrogen-bond donors (Lipinski definition) is 0. The summed E-state index contributed by atoms with van der Waals surface area (Å²) >= 11 is 5.03. The molecule has 1 unspecified atom stereocenters. The van der Waals surface area contributed by atoms with Gasteiger partial charge in [0.15, 0.2) is 6.79 Å². The maximum atomic E-state index is 10.3. The second-order valence-electron chi connectivity index (χ2n) is 4.06. The van der Waals surface area contributed by atoms with Crippen molar-refractivity contribution in [3.8, 4) is 0 Å². The molecule has 15 heavy (non-hydrogen) atoms. The lowest BCUT2D eigenvalue weighted by atomic mass is 10.0. The van der Waals surface area contributed by atoms with Crippen LogP contribution in [0.15, 0.2) is 0 Å². The van der Waals surface area contributed by atoms with E-state index in [-0.39, 0.29) is 12.9 Å². The van der Waals surface area contributed by atoms with Crippen molar-refractivity contribution in [2.75, 3.05) is 6.79 Å². The summed E-state index contributed by atoms with van der Waals surface area (Å²) in [5.74, 6) is 0.582. The molecule has 0 radical (unpaired) electrons. The van der Waals surface area contributed by atoms with Crippen LogP contribution in [0.1, 0.15) is 46.5 Å². The Morgan fingerprint density at radius 1 is 1.40 bits per heavy atom. The van der Waals surface area contributed by atoms with Crippen LogP contribution in [0.25, 0.3) is 0 Å². The van der Waals surface area contributed by atoms with E-state index in [4.69, 9.17) is 16.3 Å². The van der Waals surface area contributed by atoms with Crippen LogP contribution in [0, 0.1) is 5.92 Å². The summed E-state index contributed by atoms with van der Waals surface area (Å²) in [4.78, 5) is 10.3. The molecule has 0 aromatic heterocycles. The van der Waals surface area contributed by atoms with Gasteiger partial charge in [-0.15, -0.1) is 0 Å². The zero-order valence-corrected chi connectivity index (χ0v) is 10.5. The Balaban J connectivity index is 3.73. The van der Waals surface area contributed by atoms with Gasteiger partial charge in [-0.2, -0.15) is 0 Å². The number of carbonyl (C=O) groups excluding carboxylic acids is 1. The number of ether oxygens (including phenoxy) is 2. The minimum Gasteiger partial charge on any atom is -0.426 e. The highest BCUT2D eigenvalue weighted by Gasteiger charge is 2.11. The summed E-state index contributed by atoms with van der Waals surface area (Å²) in [7, 11) is 0. The van der Waals surface area contributed by atoms with Crippen LogP contribution in [0.2, 0.25) is 0 Å². The van der Waals surface area contributed by atoms with Crippen LogP contribution in [0.5, 0.6) is 0 Å². The summed E-state index contributed by atoms with van der Waals surface area (Å²) in [5, 5.41) is 0. The SMILES string of the molecule is CCCCC(CC(C)C)OCOC(=O)Cl. The first kappa shape index (κ1) is 14.7. The van der Waals surface area contributed by atoms with Gasteiger partial charge >= 0.3 is 5.43 Å². The molecule has 0 fully saturated rings. The standard InChI is InChI=1S/C11H21ClO3/c1-4-5-6-10(7-9(2)3)14-8-15-11(12)13/h9-10H,4-8H2,1-3H3. The van der Waals surface area contributed by atoms with Crippen LogP contribution in [0.4, 0.5) is 4.79 Å². The largest absolute Gasteiger partial charge is 0.426 e. The Morgan fingerprint density at radius 2 is 2.07 bits per heavy atom. The summed E-state index contributed by atoms with van der Waals surface area (Å²) < 4.78 is 9.98. The van der Waals surface area contributed by atoms with Crippen LogP contribution >= 0.6 is 11.6 Å². The van der Waals surface area contributed by atoms with Gasteiger partial charge in [0, 0.05) is 11.6 Å². The van der Waals surface area contributed by atoms with Gasteiger partial charge in [-0.25, -0.2) is 4.79 Å². The Kier molecular flexibility index (Phi) is 8.82. The molecule has 0 saturated carbocycles. The summed E-state index contributed by atoms with van der Waals surface area (Å²) in [6.07, 6.45) is 4.44. The Morgan fingerprint density at radius 3 is 2.53 bits per heavy atom. The molecule has 3 nitrogen and oxygen atoms in total. The molecule has 0 N–H and O–H groups in total. The first-order chi connectivity index (χ1) is 7.06. The van der Waals surface area contributed by atoms with E-state index in [0.29, 0.717) is 5.92 Å². The number of carbonyl (C=O) groups is 1. The second-order valence-corrected chi connectivity index (χ2v) is 4.37. The lowest BCUT2D eigenvalue weighted by Crippen LogP contribution is -2.18. The molecule has 90 valence electrons. The molecule has 0 heterocycles.